The third-order valence-electron chi connectivity index (χ3n) is 4.33. The smallest absolute Gasteiger partial charge is 0.126 e. The van der Waals surface area contributed by atoms with Crippen molar-refractivity contribution in [3.05, 3.63) is 46.5 Å². The van der Waals surface area contributed by atoms with Gasteiger partial charge in [0.15, 0.2) is 0 Å². The second-order valence-electron chi connectivity index (χ2n) is 8.47. The van der Waals surface area contributed by atoms with Crippen molar-refractivity contribution in [3.8, 4) is 11.1 Å². The molecule has 5 heteroatoms. The molecule has 0 saturated carbocycles. The largest absolute Gasteiger partial charge is 0.396 e. The summed E-state index contributed by atoms with van der Waals surface area (Å²) in [6.45, 7) is 12.8. The average molecular weight is 358 g/mol. The number of hydrogen-bond donors (Lipinski definition) is 1. The SMILES string of the molecule is CC(C)(C)c1c(Cl)c(-c2ccccc2)c2nn(O)nc2c1C(C)(C)C. The van der Waals surface area contributed by atoms with Gasteiger partial charge in [0.25, 0.3) is 0 Å². The Hall–Kier alpha value is -2.07. The highest BCUT2D eigenvalue weighted by molar-refractivity contribution is 6.36. The standard InChI is InChI=1S/C20H24ClN3O/c1-19(2,3)14-15(20(4,5)6)18-17(22-24(25)23-18)13(16(14)21)12-10-8-7-9-11-12/h7-11,25H,1-6H3. The van der Waals surface area contributed by atoms with Crippen LogP contribution in [0.3, 0.4) is 0 Å². The molecule has 0 aliphatic heterocycles. The number of benzene rings is 2. The highest BCUT2D eigenvalue weighted by Gasteiger charge is 2.34. The van der Waals surface area contributed by atoms with Gasteiger partial charge in [-0.25, -0.2) is 0 Å². The molecule has 0 radical (unpaired) electrons. The molecule has 0 bridgehead atoms. The molecular formula is C20H24ClN3O. The molecule has 2 aromatic carbocycles. The zero-order chi connectivity index (χ0) is 18.6. The van der Waals surface area contributed by atoms with E-state index < -0.39 is 0 Å². The summed E-state index contributed by atoms with van der Waals surface area (Å²) in [6.07, 6.45) is 0. The third kappa shape index (κ3) is 2.99. The Kier molecular flexibility index (Phi) is 4.07. The van der Waals surface area contributed by atoms with E-state index >= 15 is 0 Å². The van der Waals surface area contributed by atoms with Gasteiger partial charge in [0.05, 0.1) is 5.02 Å². The van der Waals surface area contributed by atoms with E-state index in [0.29, 0.717) is 21.0 Å². The molecule has 0 aliphatic rings. The van der Waals surface area contributed by atoms with Crippen LogP contribution in [0.25, 0.3) is 22.2 Å². The first kappa shape index (κ1) is 17.7. The summed E-state index contributed by atoms with van der Waals surface area (Å²) >= 11 is 6.97. The maximum Gasteiger partial charge on any atom is 0.126 e. The number of nitrogens with zero attached hydrogens (tertiary/aromatic N) is 3. The average Bonchev–Trinajstić information content (AvgIpc) is 2.85. The summed E-state index contributed by atoms with van der Waals surface area (Å²) < 4.78 is 0. The van der Waals surface area contributed by atoms with Gasteiger partial charge in [-0.05, 0) is 32.5 Å². The van der Waals surface area contributed by atoms with Gasteiger partial charge in [-0.1, -0.05) is 83.5 Å². The summed E-state index contributed by atoms with van der Waals surface area (Å²) in [4.78, 5) is 0.648. The Morgan fingerprint density at radius 1 is 0.840 bits per heavy atom. The van der Waals surface area contributed by atoms with Gasteiger partial charge in [-0.15, -0.1) is 10.2 Å². The molecule has 0 fully saturated rings. The van der Waals surface area contributed by atoms with Crippen LogP contribution in [0.2, 0.25) is 5.02 Å². The van der Waals surface area contributed by atoms with Crippen molar-refractivity contribution in [2.24, 2.45) is 0 Å². The first-order valence-electron chi connectivity index (χ1n) is 8.40. The Balaban J connectivity index is 2.58. The first-order chi connectivity index (χ1) is 11.5. The van der Waals surface area contributed by atoms with Gasteiger partial charge in [0, 0.05) is 5.56 Å². The predicted octanol–water partition coefficient (Wildman–Crippen LogP) is 5.58. The maximum atomic E-state index is 9.95. The van der Waals surface area contributed by atoms with E-state index in [9.17, 15) is 5.21 Å². The van der Waals surface area contributed by atoms with Gasteiger partial charge < -0.3 is 5.21 Å². The van der Waals surface area contributed by atoms with Crippen molar-refractivity contribution in [1.29, 1.82) is 0 Å². The fraction of sp³-hybridized carbons (Fsp3) is 0.400. The van der Waals surface area contributed by atoms with Gasteiger partial charge in [0.2, 0.25) is 0 Å². The van der Waals surface area contributed by atoms with Crippen molar-refractivity contribution in [2.45, 2.75) is 52.4 Å². The quantitative estimate of drug-likeness (QED) is 0.578. The minimum absolute atomic E-state index is 0.184. The molecule has 0 unspecified atom stereocenters. The second-order valence-corrected chi connectivity index (χ2v) is 8.85. The third-order valence-corrected chi connectivity index (χ3v) is 4.71. The fourth-order valence-corrected chi connectivity index (χ4v) is 3.97. The zero-order valence-electron chi connectivity index (χ0n) is 15.6. The molecule has 0 atom stereocenters. The Bertz CT molecular complexity index is 932. The molecule has 132 valence electrons. The number of hydrogen-bond acceptors (Lipinski definition) is 3. The molecule has 0 aliphatic carbocycles. The summed E-state index contributed by atoms with van der Waals surface area (Å²) in [5, 5.41) is 19.1. The highest BCUT2D eigenvalue weighted by atomic mass is 35.5. The second kappa shape index (κ2) is 5.73. The van der Waals surface area contributed by atoms with Crippen molar-refractivity contribution < 1.29 is 5.21 Å². The number of halogens is 1. The summed E-state index contributed by atoms with van der Waals surface area (Å²) in [7, 11) is 0. The van der Waals surface area contributed by atoms with Crippen molar-refractivity contribution in [2.75, 3.05) is 0 Å². The van der Waals surface area contributed by atoms with E-state index in [2.05, 4.69) is 51.7 Å². The lowest BCUT2D eigenvalue weighted by Crippen LogP contribution is -2.23. The number of fused-ring (bicyclic) bond motifs is 1. The number of aromatic nitrogens is 3. The Morgan fingerprint density at radius 2 is 1.36 bits per heavy atom. The van der Waals surface area contributed by atoms with E-state index in [0.717, 1.165) is 22.3 Å². The molecule has 1 heterocycles. The van der Waals surface area contributed by atoms with Crippen molar-refractivity contribution in [1.82, 2.24) is 15.2 Å². The van der Waals surface area contributed by atoms with Crippen LogP contribution in [-0.2, 0) is 10.8 Å². The molecule has 1 aromatic heterocycles. The molecule has 1 N–H and O–H groups in total. The van der Waals surface area contributed by atoms with Gasteiger partial charge >= 0.3 is 0 Å². The highest BCUT2D eigenvalue weighted by Crippen LogP contribution is 2.47. The van der Waals surface area contributed by atoms with Crippen LogP contribution in [0.5, 0.6) is 0 Å². The minimum atomic E-state index is -0.199. The Morgan fingerprint density at radius 3 is 1.88 bits per heavy atom. The topological polar surface area (TPSA) is 50.9 Å². The summed E-state index contributed by atoms with van der Waals surface area (Å²) in [5.74, 6) is 0. The van der Waals surface area contributed by atoms with Crippen LogP contribution in [0.4, 0.5) is 0 Å². The molecule has 25 heavy (non-hydrogen) atoms. The summed E-state index contributed by atoms with van der Waals surface area (Å²) in [6, 6.07) is 9.90. The van der Waals surface area contributed by atoms with E-state index in [-0.39, 0.29) is 10.8 Å². The van der Waals surface area contributed by atoms with E-state index in [4.69, 9.17) is 11.6 Å². The molecule has 0 spiro atoms. The van der Waals surface area contributed by atoms with E-state index in [1.807, 2.05) is 30.3 Å². The normalized spacial score (nSPS) is 12.8. The number of rotatable bonds is 1. The molecular weight excluding hydrogens is 334 g/mol. The molecule has 4 nitrogen and oxygen atoms in total. The molecule has 3 aromatic rings. The monoisotopic (exact) mass is 357 g/mol. The van der Waals surface area contributed by atoms with Gasteiger partial charge in [-0.2, -0.15) is 0 Å². The lowest BCUT2D eigenvalue weighted by atomic mass is 9.73. The first-order valence-corrected chi connectivity index (χ1v) is 8.77. The van der Waals surface area contributed by atoms with Crippen molar-refractivity contribution >= 4 is 22.6 Å². The van der Waals surface area contributed by atoms with Crippen LogP contribution >= 0.6 is 11.6 Å². The van der Waals surface area contributed by atoms with Crippen LogP contribution in [0.15, 0.2) is 30.3 Å². The minimum Gasteiger partial charge on any atom is -0.396 e. The maximum absolute atomic E-state index is 9.95. The van der Waals surface area contributed by atoms with Crippen LogP contribution in [0, 0.1) is 0 Å². The van der Waals surface area contributed by atoms with Gasteiger partial charge in [0.1, 0.15) is 11.0 Å². The van der Waals surface area contributed by atoms with Crippen LogP contribution < -0.4 is 0 Å². The fourth-order valence-electron chi connectivity index (χ4n) is 3.39. The predicted molar refractivity (Wildman–Crippen MR) is 103 cm³/mol. The zero-order valence-corrected chi connectivity index (χ0v) is 16.3. The molecule has 0 amide bonds. The lowest BCUT2D eigenvalue weighted by Gasteiger charge is -2.32. The molecule has 3 rings (SSSR count). The van der Waals surface area contributed by atoms with E-state index in [1.165, 1.54) is 0 Å². The van der Waals surface area contributed by atoms with E-state index in [1.54, 1.807) is 0 Å². The summed E-state index contributed by atoms with van der Waals surface area (Å²) in [5.41, 5.74) is 4.79. The Labute approximate surface area is 153 Å². The molecule has 0 saturated heterocycles. The van der Waals surface area contributed by atoms with Crippen LogP contribution in [-0.4, -0.2) is 20.4 Å². The van der Waals surface area contributed by atoms with Crippen molar-refractivity contribution in [3.63, 3.8) is 0 Å². The lowest BCUT2D eigenvalue weighted by molar-refractivity contribution is 0.113. The van der Waals surface area contributed by atoms with Crippen LogP contribution in [0.1, 0.15) is 52.7 Å². The van der Waals surface area contributed by atoms with Gasteiger partial charge in [-0.3, -0.25) is 0 Å².